The van der Waals surface area contributed by atoms with Crippen LogP contribution in [-0.4, -0.2) is 22.0 Å². The molecule has 3 nitrogen and oxygen atoms in total. The predicted octanol–water partition coefficient (Wildman–Crippen LogP) is 2.63. The summed E-state index contributed by atoms with van der Waals surface area (Å²) in [5, 5.41) is 7.23. The molecule has 0 spiro atoms. The van der Waals surface area contributed by atoms with Gasteiger partial charge in [-0.2, -0.15) is 18.3 Å². The Morgan fingerprint density at radius 2 is 2.22 bits per heavy atom. The SMILES string of the molecule is Cn1cc(CNC2CCCC(C(F)(F)F)C2)cn1. The zero-order valence-electron chi connectivity index (χ0n) is 10.4. The first-order valence-electron chi connectivity index (χ1n) is 6.23. The zero-order valence-corrected chi connectivity index (χ0v) is 10.4. The van der Waals surface area contributed by atoms with E-state index in [9.17, 15) is 13.2 Å². The van der Waals surface area contributed by atoms with Crippen LogP contribution in [0.15, 0.2) is 12.4 Å². The Morgan fingerprint density at radius 1 is 1.44 bits per heavy atom. The lowest BCUT2D eigenvalue weighted by Gasteiger charge is -2.31. The third-order valence-electron chi connectivity index (χ3n) is 3.49. The monoisotopic (exact) mass is 261 g/mol. The van der Waals surface area contributed by atoms with Gasteiger partial charge in [0.1, 0.15) is 0 Å². The van der Waals surface area contributed by atoms with E-state index in [1.54, 1.807) is 10.9 Å². The standard InChI is InChI=1S/C12H18F3N3/c1-18-8-9(7-17-18)6-16-11-4-2-3-10(5-11)12(13,14)15/h7-8,10-11,16H,2-6H2,1H3. The number of halogens is 3. The second kappa shape index (κ2) is 5.30. The first-order valence-corrected chi connectivity index (χ1v) is 6.23. The minimum absolute atomic E-state index is 0.0365. The van der Waals surface area contributed by atoms with Crippen molar-refractivity contribution in [3.63, 3.8) is 0 Å². The Bertz CT molecular complexity index is 386. The molecule has 0 bridgehead atoms. The maximum atomic E-state index is 12.6. The maximum Gasteiger partial charge on any atom is 0.391 e. The topological polar surface area (TPSA) is 29.9 Å². The van der Waals surface area contributed by atoms with Gasteiger partial charge in [0.15, 0.2) is 0 Å². The van der Waals surface area contributed by atoms with Crippen LogP contribution in [0.2, 0.25) is 0 Å². The van der Waals surface area contributed by atoms with E-state index >= 15 is 0 Å². The molecule has 1 fully saturated rings. The molecule has 0 aromatic carbocycles. The average Bonchev–Trinajstić information content (AvgIpc) is 2.72. The van der Waals surface area contributed by atoms with Crippen molar-refractivity contribution in [2.75, 3.05) is 0 Å². The molecule has 102 valence electrons. The summed E-state index contributed by atoms with van der Waals surface area (Å²) in [5.41, 5.74) is 1.01. The fraction of sp³-hybridized carbons (Fsp3) is 0.750. The van der Waals surface area contributed by atoms with E-state index < -0.39 is 12.1 Å². The lowest BCUT2D eigenvalue weighted by atomic mass is 9.85. The van der Waals surface area contributed by atoms with E-state index in [1.165, 1.54) is 0 Å². The van der Waals surface area contributed by atoms with Crippen molar-refractivity contribution in [2.45, 2.75) is 44.4 Å². The first kappa shape index (κ1) is 13.4. The summed E-state index contributed by atoms with van der Waals surface area (Å²) in [6.45, 7) is 0.586. The van der Waals surface area contributed by atoms with Crippen molar-refractivity contribution in [1.29, 1.82) is 0 Å². The minimum Gasteiger partial charge on any atom is -0.310 e. The molecule has 0 saturated heterocycles. The second-order valence-electron chi connectivity index (χ2n) is 5.01. The van der Waals surface area contributed by atoms with Crippen LogP contribution < -0.4 is 5.32 Å². The van der Waals surface area contributed by atoms with Gasteiger partial charge in [-0.1, -0.05) is 6.42 Å². The molecule has 18 heavy (non-hydrogen) atoms. The van der Waals surface area contributed by atoms with Crippen LogP contribution in [0.1, 0.15) is 31.2 Å². The normalized spacial score (nSPS) is 25.3. The molecular formula is C12H18F3N3. The molecule has 2 rings (SSSR count). The van der Waals surface area contributed by atoms with E-state index in [0.29, 0.717) is 13.0 Å². The van der Waals surface area contributed by atoms with Gasteiger partial charge in [-0.05, 0) is 19.3 Å². The van der Waals surface area contributed by atoms with Gasteiger partial charge in [-0.15, -0.1) is 0 Å². The van der Waals surface area contributed by atoms with E-state index in [2.05, 4.69) is 10.4 Å². The summed E-state index contributed by atoms with van der Waals surface area (Å²) in [6.07, 6.45) is 1.50. The second-order valence-corrected chi connectivity index (χ2v) is 5.01. The number of alkyl halides is 3. The van der Waals surface area contributed by atoms with E-state index in [4.69, 9.17) is 0 Å². The number of hydrogen-bond acceptors (Lipinski definition) is 2. The van der Waals surface area contributed by atoms with Crippen LogP contribution in [0.25, 0.3) is 0 Å². The van der Waals surface area contributed by atoms with Crippen molar-refractivity contribution in [1.82, 2.24) is 15.1 Å². The maximum absolute atomic E-state index is 12.6. The number of hydrogen-bond donors (Lipinski definition) is 1. The van der Waals surface area contributed by atoms with Crippen LogP contribution in [0.4, 0.5) is 13.2 Å². The molecule has 1 aromatic heterocycles. The molecule has 1 heterocycles. The number of aryl methyl sites for hydroxylation is 1. The van der Waals surface area contributed by atoms with Gasteiger partial charge < -0.3 is 5.32 Å². The largest absolute Gasteiger partial charge is 0.391 e. The number of aromatic nitrogens is 2. The van der Waals surface area contributed by atoms with E-state index in [1.807, 2.05) is 13.2 Å². The highest BCUT2D eigenvalue weighted by Crippen LogP contribution is 2.37. The Balaban J connectivity index is 1.83. The quantitative estimate of drug-likeness (QED) is 0.906. The Kier molecular flexibility index (Phi) is 3.94. The summed E-state index contributed by atoms with van der Waals surface area (Å²) < 4.78 is 39.6. The van der Waals surface area contributed by atoms with Gasteiger partial charge in [0.2, 0.25) is 0 Å². The average molecular weight is 261 g/mol. The minimum atomic E-state index is -4.05. The van der Waals surface area contributed by atoms with Gasteiger partial charge in [-0.25, -0.2) is 0 Å². The van der Waals surface area contributed by atoms with Crippen molar-refractivity contribution < 1.29 is 13.2 Å². The number of nitrogens with zero attached hydrogens (tertiary/aromatic N) is 2. The third kappa shape index (κ3) is 3.48. The predicted molar refractivity (Wildman–Crippen MR) is 61.8 cm³/mol. The lowest BCUT2D eigenvalue weighted by Crippen LogP contribution is -2.38. The van der Waals surface area contributed by atoms with Crippen LogP contribution in [0, 0.1) is 5.92 Å². The Morgan fingerprint density at radius 3 is 2.83 bits per heavy atom. The van der Waals surface area contributed by atoms with Gasteiger partial charge in [0.05, 0.1) is 12.1 Å². The molecular weight excluding hydrogens is 243 g/mol. The lowest BCUT2D eigenvalue weighted by molar-refractivity contribution is -0.183. The first-order chi connectivity index (χ1) is 8.45. The van der Waals surface area contributed by atoms with Crippen molar-refractivity contribution >= 4 is 0 Å². The molecule has 1 aromatic rings. The highest BCUT2D eigenvalue weighted by molar-refractivity contribution is 5.03. The fourth-order valence-corrected chi connectivity index (χ4v) is 2.50. The fourth-order valence-electron chi connectivity index (χ4n) is 2.50. The third-order valence-corrected chi connectivity index (χ3v) is 3.49. The Hall–Kier alpha value is -1.04. The summed E-state index contributed by atoms with van der Waals surface area (Å²) in [6, 6.07) is -0.0365. The molecule has 1 N–H and O–H groups in total. The Labute approximate surface area is 104 Å². The molecule has 1 saturated carbocycles. The molecule has 6 heteroatoms. The molecule has 2 unspecified atom stereocenters. The van der Waals surface area contributed by atoms with Crippen molar-refractivity contribution in [3.8, 4) is 0 Å². The molecule has 1 aliphatic carbocycles. The van der Waals surface area contributed by atoms with Gasteiger partial charge >= 0.3 is 6.18 Å². The molecule has 1 aliphatic rings. The summed E-state index contributed by atoms with van der Waals surface area (Å²) in [5.74, 6) is -1.14. The summed E-state index contributed by atoms with van der Waals surface area (Å²) in [7, 11) is 1.82. The summed E-state index contributed by atoms with van der Waals surface area (Å²) in [4.78, 5) is 0. The highest BCUT2D eigenvalue weighted by atomic mass is 19.4. The molecule has 0 radical (unpaired) electrons. The van der Waals surface area contributed by atoms with Gasteiger partial charge in [0, 0.05) is 31.4 Å². The van der Waals surface area contributed by atoms with Gasteiger partial charge in [-0.3, -0.25) is 4.68 Å². The zero-order chi connectivity index (χ0) is 13.2. The molecule has 2 atom stereocenters. The van der Waals surface area contributed by atoms with Crippen LogP contribution in [0.3, 0.4) is 0 Å². The van der Waals surface area contributed by atoms with Crippen LogP contribution in [0.5, 0.6) is 0 Å². The van der Waals surface area contributed by atoms with E-state index in [0.717, 1.165) is 12.0 Å². The summed E-state index contributed by atoms with van der Waals surface area (Å²) >= 11 is 0. The van der Waals surface area contributed by atoms with Crippen molar-refractivity contribution in [2.24, 2.45) is 13.0 Å². The highest BCUT2D eigenvalue weighted by Gasteiger charge is 2.41. The van der Waals surface area contributed by atoms with E-state index in [-0.39, 0.29) is 18.9 Å². The smallest absolute Gasteiger partial charge is 0.310 e. The number of rotatable bonds is 3. The number of nitrogens with one attached hydrogen (secondary N) is 1. The molecule has 0 amide bonds. The van der Waals surface area contributed by atoms with Gasteiger partial charge in [0.25, 0.3) is 0 Å². The molecule has 0 aliphatic heterocycles. The van der Waals surface area contributed by atoms with Crippen LogP contribution >= 0.6 is 0 Å². The van der Waals surface area contributed by atoms with Crippen LogP contribution in [-0.2, 0) is 13.6 Å². The van der Waals surface area contributed by atoms with Crippen molar-refractivity contribution in [3.05, 3.63) is 18.0 Å².